The molecule has 0 fully saturated rings. The lowest BCUT2D eigenvalue weighted by atomic mass is 9.91. The first-order valence-corrected chi connectivity index (χ1v) is 9.71. The summed E-state index contributed by atoms with van der Waals surface area (Å²) in [5, 5.41) is 16.8. The van der Waals surface area contributed by atoms with Crippen molar-refractivity contribution in [2.45, 2.75) is 25.9 Å². The average Bonchev–Trinajstić information content (AvgIpc) is 2.73. The van der Waals surface area contributed by atoms with Crippen molar-refractivity contribution in [1.82, 2.24) is 5.32 Å². The fourth-order valence-corrected chi connectivity index (χ4v) is 3.78. The van der Waals surface area contributed by atoms with E-state index in [0.29, 0.717) is 5.75 Å². The van der Waals surface area contributed by atoms with Gasteiger partial charge in [-0.25, -0.2) is 0 Å². The Kier molecular flexibility index (Phi) is 5.14. The van der Waals surface area contributed by atoms with Crippen molar-refractivity contribution in [3.8, 4) is 5.75 Å². The molecule has 2 N–H and O–H groups in total. The Labute approximate surface area is 166 Å². The van der Waals surface area contributed by atoms with Crippen molar-refractivity contribution in [3.05, 3.63) is 113 Å². The number of hydrogen-bond acceptors (Lipinski definition) is 2. The number of rotatable bonds is 5. The van der Waals surface area contributed by atoms with E-state index >= 15 is 0 Å². The minimum atomic E-state index is -0.122. The SMILES string of the molecule is Cc1ccc([C@H](C)N[C@@H](c2ccccc2)c2c(O)ccc3ccccc23)cc1. The number of fused-ring (bicyclic) bond motifs is 1. The molecule has 0 unspecified atom stereocenters. The van der Waals surface area contributed by atoms with Crippen molar-refractivity contribution in [3.63, 3.8) is 0 Å². The fourth-order valence-electron chi connectivity index (χ4n) is 3.78. The molecule has 0 radical (unpaired) electrons. The summed E-state index contributed by atoms with van der Waals surface area (Å²) in [5.74, 6) is 0.316. The number of nitrogens with one attached hydrogen (secondary N) is 1. The second-order valence-electron chi connectivity index (χ2n) is 7.36. The molecule has 0 spiro atoms. The highest BCUT2D eigenvalue weighted by Gasteiger charge is 2.22. The van der Waals surface area contributed by atoms with Crippen molar-refractivity contribution in [2.75, 3.05) is 0 Å². The third-order valence-corrected chi connectivity index (χ3v) is 5.36. The normalized spacial score (nSPS) is 13.4. The molecule has 0 saturated heterocycles. The maximum Gasteiger partial charge on any atom is 0.121 e. The van der Waals surface area contributed by atoms with Crippen molar-refractivity contribution >= 4 is 10.8 Å². The molecule has 0 aliphatic rings. The Bertz CT molecular complexity index is 1070. The number of benzene rings is 4. The van der Waals surface area contributed by atoms with Crippen LogP contribution in [0.3, 0.4) is 0 Å². The zero-order chi connectivity index (χ0) is 19.5. The van der Waals surface area contributed by atoms with Gasteiger partial charge in [-0.15, -0.1) is 0 Å². The Balaban J connectivity index is 1.81. The van der Waals surface area contributed by atoms with Crippen LogP contribution in [-0.4, -0.2) is 5.11 Å². The van der Waals surface area contributed by atoms with Gasteiger partial charge in [0.15, 0.2) is 0 Å². The molecule has 2 atom stereocenters. The van der Waals surface area contributed by atoms with Crippen LogP contribution in [0.1, 0.15) is 41.3 Å². The summed E-state index contributed by atoms with van der Waals surface area (Å²) in [6, 6.07) is 30.9. The lowest BCUT2D eigenvalue weighted by Gasteiger charge is -2.26. The second kappa shape index (κ2) is 7.87. The van der Waals surface area contributed by atoms with Gasteiger partial charge in [-0.2, -0.15) is 0 Å². The summed E-state index contributed by atoms with van der Waals surface area (Å²) in [7, 11) is 0. The molecule has 140 valence electrons. The van der Waals surface area contributed by atoms with Crippen LogP contribution >= 0.6 is 0 Å². The number of hydrogen-bond donors (Lipinski definition) is 2. The van der Waals surface area contributed by atoms with E-state index in [9.17, 15) is 5.11 Å². The van der Waals surface area contributed by atoms with Crippen molar-refractivity contribution in [2.24, 2.45) is 0 Å². The molecular weight excluding hydrogens is 342 g/mol. The molecule has 0 saturated carbocycles. The number of aryl methyl sites for hydroxylation is 1. The Hall–Kier alpha value is -3.10. The van der Waals surface area contributed by atoms with Gasteiger partial charge in [0.25, 0.3) is 0 Å². The second-order valence-corrected chi connectivity index (χ2v) is 7.36. The third-order valence-electron chi connectivity index (χ3n) is 5.36. The van der Waals surface area contributed by atoms with Crippen LogP contribution < -0.4 is 5.32 Å². The van der Waals surface area contributed by atoms with Crippen LogP contribution in [0.2, 0.25) is 0 Å². The van der Waals surface area contributed by atoms with Crippen molar-refractivity contribution in [1.29, 1.82) is 0 Å². The summed E-state index contributed by atoms with van der Waals surface area (Å²) in [6.45, 7) is 4.27. The molecule has 2 heteroatoms. The molecule has 0 heterocycles. The predicted molar refractivity (Wildman–Crippen MR) is 117 cm³/mol. The number of phenolic OH excluding ortho intramolecular Hbond substituents is 1. The lowest BCUT2D eigenvalue weighted by Crippen LogP contribution is -2.26. The Morgan fingerprint density at radius 2 is 1.39 bits per heavy atom. The summed E-state index contributed by atoms with van der Waals surface area (Å²) < 4.78 is 0. The predicted octanol–water partition coefficient (Wildman–Crippen LogP) is 6.29. The minimum Gasteiger partial charge on any atom is -0.508 e. The maximum atomic E-state index is 10.8. The van der Waals surface area contributed by atoms with Gasteiger partial charge < -0.3 is 5.11 Å². The minimum absolute atomic E-state index is 0.122. The Morgan fingerprint density at radius 1 is 0.714 bits per heavy atom. The van der Waals surface area contributed by atoms with Gasteiger partial charge in [0.2, 0.25) is 0 Å². The highest BCUT2D eigenvalue weighted by Crippen LogP contribution is 2.37. The third kappa shape index (κ3) is 3.64. The van der Waals surface area contributed by atoms with Crippen LogP contribution in [0.5, 0.6) is 5.75 Å². The van der Waals surface area contributed by atoms with E-state index in [1.165, 1.54) is 11.1 Å². The van der Waals surface area contributed by atoms with Crippen LogP contribution in [0.4, 0.5) is 0 Å². The molecular formula is C26H25NO. The van der Waals surface area contributed by atoms with Gasteiger partial charge in [0.1, 0.15) is 5.75 Å². The average molecular weight is 367 g/mol. The highest BCUT2D eigenvalue weighted by atomic mass is 16.3. The molecule has 0 aliphatic carbocycles. The van der Waals surface area contributed by atoms with Crippen LogP contribution in [0.25, 0.3) is 10.8 Å². The number of aromatic hydroxyl groups is 1. The molecule has 0 bridgehead atoms. The summed E-state index contributed by atoms with van der Waals surface area (Å²) in [4.78, 5) is 0. The monoisotopic (exact) mass is 367 g/mol. The molecule has 4 aromatic carbocycles. The summed E-state index contributed by atoms with van der Waals surface area (Å²) >= 11 is 0. The fraction of sp³-hybridized carbons (Fsp3) is 0.154. The first kappa shape index (κ1) is 18.3. The van der Waals surface area contributed by atoms with E-state index in [0.717, 1.165) is 21.9 Å². The molecule has 4 rings (SSSR count). The van der Waals surface area contributed by atoms with E-state index in [1.54, 1.807) is 6.07 Å². The van der Waals surface area contributed by atoms with Gasteiger partial charge in [0, 0.05) is 11.6 Å². The largest absolute Gasteiger partial charge is 0.508 e. The van der Waals surface area contributed by atoms with E-state index in [1.807, 2.05) is 36.4 Å². The maximum absolute atomic E-state index is 10.8. The zero-order valence-corrected chi connectivity index (χ0v) is 16.3. The quantitative estimate of drug-likeness (QED) is 0.434. The standard InChI is InChI=1S/C26H25NO/c1-18-12-14-20(15-13-18)19(2)27-26(22-9-4-3-5-10-22)25-23-11-7-6-8-21(23)16-17-24(25)28/h3-17,19,26-28H,1-2H3/t19-,26-/m0/s1. The Morgan fingerprint density at radius 3 is 2.14 bits per heavy atom. The van der Waals surface area contributed by atoms with E-state index in [4.69, 9.17) is 0 Å². The van der Waals surface area contributed by atoms with Crippen LogP contribution in [0, 0.1) is 6.92 Å². The van der Waals surface area contributed by atoms with Gasteiger partial charge in [-0.3, -0.25) is 5.32 Å². The molecule has 0 amide bonds. The van der Waals surface area contributed by atoms with E-state index in [2.05, 4.69) is 67.7 Å². The van der Waals surface area contributed by atoms with Crippen molar-refractivity contribution < 1.29 is 5.11 Å². The molecule has 0 aromatic heterocycles. The summed E-state index contributed by atoms with van der Waals surface area (Å²) in [6.07, 6.45) is 0. The van der Waals surface area contributed by atoms with E-state index in [-0.39, 0.29) is 12.1 Å². The molecule has 0 aliphatic heterocycles. The van der Waals surface area contributed by atoms with Gasteiger partial charge in [-0.1, -0.05) is 90.5 Å². The van der Waals surface area contributed by atoms with Crippen LogP contribution in [-0.2, 0) is 0 Å². The molecule has 28 heavy (non-hydrogen) atoms. The van der Waals surface area contributed by atoms with Gasteiger partial charge in [0.05, 0.1) is 6.04 Å². The zero-order valence-electron chi connectivity index (χ0n) is 16.3. The topological polar surface area (TPSA) is 32.3 Å². The van der Waals surface area contributed by atoms with Crippen LogP contribution in [0.15, 0.2) is 91.0 Å². The first-order chi connectivity index (χ1) is 13.6. The number of phenols is 1. The van der Waals surface area contributed by atoms with E-state index < -0.39 is 0 Å². The first-order valence-electron chi connectivity index (χ1n) is 9.71. The van der Waals surface area contributed by atoms with Gasteiger partial charge >= 0.3 is 0 Å². The lowest BCUT2D eigenvalue weighted by molar-refractivity contribution is 0.449. The smallest absolute Gasteiger partial charge is 0.121 e. The highest BCUT2D eigenvalue weighted by molar-refractivity contribution is 5.88. The molecule has 4 aromatic rings. The summed E-state index contributed by atoms with van der Waals surface area (Å²) in [5.41, 5.74) is 4.53. The molecule has 2 nitrogen and oxygen atoms in total. The van der Waals surface area contributed by atoms with Gasteiger partial charge in [-0.05, 0) is 41.8 Å².